The first kappa shape index (κ1) is 21.2. The van der Waals surface area contributed by atoms with Crippen LogP contribution in [0.25, 0.3) is 5.82 Å². The summed E-state index contributed by atoms with van der Waals surface area (Å²) in [5.41, 5.74) is 0.902. The van der Waals surface area contributed by atoms with Crippen LogP contribution >= 0.6 is 11.3 Å². The van der Waals surface area contributed by atoms with Gasteiger partial charge in [-0.15, -0.1) is 16.4 Å². The summed E-state index contributed by atoms with van der Waals surface area (Å²) in [6.07, 6.45) is 4.91. The lowest BCUT2D eigenvalue weighted by Gasteiger charge is -2.19. The van der Waals surface area contributed by atoms with Crippen molar-refractivity contribution in [3.05, 3.63) is 40.1 Å². The maximum absolute atomic E-state index is 12.8. The molecular weight excluding hydrogens is 416 g/mol. The van der Waals surface area contributed by atoms with E-state index in [0.29, 0.717) is 5.82 Å². The third-order valence-electron chi connectivity index (χ3n) is 4.89. The molecule has 3 aromatic heterocycles. The van der Waals surface area contributed by atoms with Gasteiger partial charge >= 0.3 is 6.09 Å². The van der Waals surface area contributed by atoms with Crippen LogP contribution in [-0.4, -0.2) is 42.1 Å². The highest BCUT2D eigenvalue weighted by molar-refractivity contribution is 7.09. The van der Waals surface area contributed by atoms with E-state index in [1.54, 1.807) is 41.4 Å². The van der Waals surface area contributed by atoms with E-state index in [-0.39, 0.29) is 11.8 Å². The molecular formula is C21H26N6O3S. The van der Waals surface area contributed by atoms with Gasteiger partial charge in [0.1, 0.15) is 5.60 Å². The number of ether oxygens (including phenoxy) is 1. The summed E-state index contributed by atoms with van der Waals surface area (Å²) >= 11 is 1.54. The highest BCUT2D eigenvalue weighted by Crippen LogP contribution is 2.41. The predicted molar refractivity (Wildman–Crippen MR) is 117 cm³/mol. The molecule has 10 heteroatoms. The minimum absolute atomic E-state index is 0.231. The molecule has 164 valence electrons. The monoisotopic (exact) mass is 442 g/mol. The van der Waals surface area contributed by atoms with Gasteiger partial charge in [-0.25, -0.2) is 14.5 Å². The molecule has 9 nitrogen and oxygen atoms in total. The summed E-state index contributed by atoms with van der Waals surface area (Å²) in [4.78, 5) is 29.8. The van der Waals surface area contributed by atoms with Crippen molar-refractivity contribution in [3.8, 4) is 5.82 Å². The second-order valence-electron chi connectivity index (χ2n) is 8.77. The van der Waals surface area contributed by atoms with Crippen LogP contribution in [0.3, 0.4) is 0 Å². The first-order valence-corrected chi connectivity index (χ1v) is 11.1. The maximum atomic E-state index is 12.8. The van der Waals surface area contributed by atoms with Gasteiger partial charge in [-0.05, 0) is 47.5 Å². The number of anilines is 1. The van der Waals surface area contributed by atoms with Crippen LogP contribution in [0.4, 0.5) is 10.6 Å². The van der Waals surface area contributed by atoms with E-state index < -0.39 is 17.6 Å². The lowest BCUT2D eigenvalue weighted by atomic mass is 10.0. The number of aromatic nitrogens is 5. The van der Waals surface area contributed by atoms with Gasteiger partial charge < -0.3 is 10.1 Å². The van der Waals surface area contributed by atoms with Crippen LogP contribution in [0.15, 0.2) is 23.8 Å². The van der Waals surface area contributed by atoms with Crippen molar-refractivity contribution < 1.29 is 14.3 Å². The molecule has 1 N–H and O–H groups in total. The molecule has 0 saturated heterocycles. The van der Waals surface area contributed by atoms with Crippen LogP contribution < -0.4 is 5.32 Å². The number of thiazole rings is 1. The number of aryl methyl sites for hydroxylation is 1. The SMILES string of the molecule is Cc1nc(-n2cc(C(C)C(=O)Nc3cc(C4CC4)n(C(=O)OC(C)(C)C)n3)cn2)cs1. The number of hydrogen-bond donors (Lipinski definition) is 1. The second-order valence-corrected chi connectivity index (χ2v) is 9.84. The molecule has 0 aromatic carbocycles. The Morgan fingerprint density at radius 2 is 2.06 bits per heavy atom. The molecule has 1 aliphatic carbocycles. The standard InChI is InChI=1S/C21H26N6O3S/c1-12(15-9-22-26(10-15)18-11-31-13(2)23-18)19(28)24-17-8-16(14-6-7-14)27(25-17)20(29)30-21(3,4)5/h8-12,14H,6-7H2,1-5H3,(H,24,25,28). The molecule has 0 aliphatic heterocycles. The van der Waals surface area contributed by atoms with Gasteiger partial charge in [0.05, 0.1) is 22.8 Å². The van der Waals surface area contributed by atoms with Crippen LogP contribution in [0.2, 0.25) is 0 Å². The predicted octanol–water partition coefficient (Wildman–Crippen LogP) is 4.24. The number of carbonyl (C=O) groups excluding carboxylic acids is 2. The van der Waals surface area contributed by atoms with Crippen LogP contribution in [0.1, 0.15) is 68.6 Å². The topological polar surface area (TPSA) is 104 Å². The molecule has 3 heterocycles. The summed E-state index contributed by atoms with van der Waals surface area (Å²) in [6, 6.07) is 1.76. The van der Waals surface area contributed by atoms with Gasteiger partial charge in [0, 0.05) is 29.1 Å². The number of rotatable bonds is 5. The molecule has 1 unspecified atom stereocenters. The summed E-state index contributed by atoms with van der Waals surface area (Å²) in [5, 5.41) is 14.3. The smallest absolute Gasteiger partial charge is 0.435 e. The molecule has 0 bridgehead atoms. The fourth-order valence-electron chi connectivity index (χ4n) is 3.11. The molecule has 1 atom stereocenters. The van der Waals surface area contributed by atoms with E-state index in [0.717, 1.165) is 34.9 Å². The summed E-state index contributed by atoms with van der Waals surface area (Å²) in [7, 11) is 0. The Bertz CT molecular complexity index is 1120. The van der Waals surface area contributed by atoms with Crippen molar-refractivity contribution in [2.75, 3.05) is 5.32 Å². The fraction of sp³-hybridized carbons (Fsp3) is 0.476. The van der Waals surface area contributed by atoms with Gasteiger partial charge in [0.15, 0.2) is 11.6 Å². The Morgan fingerprint density at radius 1 is 1.32 bits per heavy atom. The van der Waals surface area contributed by atoms with E-state index in [1.807, 2.05) is 33.1 Å². The number of hydrogen-bond acceptors (Lipinski definition) is 7. The summed E-state index contributed by atoms with van der Waals surface area (Å²) in [5.74, 6) is 0.649. The number of nitrogens with one attached hydrogen (secondary N) is 1. The fourth-order valence-corrected chi connectivity index (χ4v) is 3.69. The van der Waals surface area contributed by atoms with Crippen molar-refractivity contribution in [2.45, 2.75) is 64.9 Å². The van der Waals surface area contributed by atoms with Crippen LogP contribution in [-0.2, 0) is 9.53 Å². The molecule has 3 aromatic rings. The van der Waals surface area contributed by atoms with Gasteiger partial charge in [-0.3, -0.25) is 4.79 Å². The highest BCUT2D eigenvalue weighted by Gasteiger charge is 2.32. The third kappa shape index (κ3) is 4.84. The van der Waals surface area contributed by atoms with Gasteiger partial charge in [-0.2, -0.15) is 9.78 Å². The zero-order valence-electron chi connectivity index (χ0n) is 18.2. The number of amides is 1. The maximum Gasteiger partial charge on any atom is 0.435 e. The first-order valence-electron chi connectivity index (χ1n) is 10.2. The van der Waals surface area contributed by atoms with E-state index in [9.17, 15) is 9.59 Å². The first-order chi connectivity index (χ1) is 14.6. The van der Waals surface area contributed by atoms with Crippen molar-refractivity contribution >= 4 is 29.2 Å². The van der Waals surface area contributed by atoms with E-state index >= 15 is 0 Å². The van der Waals surface area contributed by atoms with Crippen molar-refractivity contribution in [2.24, 2.45) is 0 Å². The number of nitrogens with zero attached hydrogens (tertiary/aromatic N) is 5. The van der Waals surface area contributed by atoms with Crippen LogP contribution in [0, 0.1) is 6.92 Å². The lowest BCUT2D eigenvalue weighted by molar-refractivity contribution is -0.117. The minimum Gasteiger partial charge on any atom is -0.442 e. The van der Waals surface area contributed by atoms with Crippen molar-refractivity contribution in [1.29, 1.82) is 0 Å². The molecule has 1 amide bonds. The minimum atomic E-state index is -0.627. The molecule has 1 saturated carbocycles. The summed E-state index contributed by atoms with van der Waals surface area (Å²) < 4.78 is 8.38. The van der Waals surface area contributed by atoms with E-state index in [4.69, 9.17) is 4.74 Å². The van der Waals surface area contributed by atoms with Gasteiger partial charge in [0.25, 0.3) is 0 Å². The van der Waals surface area contributed by atoms with Gasteiger partial charge in [0.2, 0.25) is 5.91 Å². The van der Waals surface area contributed by atoms with Crippen molar-refractivity contribution in [3.63, 3.8) is 0 Å². The zero-order chi connectivity index (χ0) is 22.3. The Labute approximate surface area is 184 Å². The molecule has 1 aliphatic rings. The molecule has 0 spiro atoms. The Balaban J connectivity index is 1.49. The Morgan fingerprint density at radius 3 is 2.68 bits per heavy atom. The van der Waals surface area contributed by atoms with Crippen LogP contribution in [0.5, 0.6) is 0 Å². The van der Waals surface area contributed by atoms with E-state index in [2.05, 4.69) is 20.5 Å². The average Bonchev–Trinajstić information content (AvgIpc) is 3.07. The van der Waals surface area contributed by atoms with Crippen molar-refractivity contribution in [1.82, 2.24) is 24.5 Å². The van der Waals surface area contributed by atoms with Gasteiger partial charge in [-0.1, -0.05) is 0 Å². The molecule has 31 heavy (non-hydrogen) atoms. The van der Waals surface area contributed by atoms with E-state index in [1.165, 1.54) is 4.68 Å². The normalized spacial score (nSPS) is 15.0. The Kier molecular flexibility index (Phi) is 5.42. The molecule has 4 rings (SSSR count). The molecule has 1 fully saturated rings. The lowest BCUT2D eigenvalue weighted by Crippen LogP contribution is -2.28. The third-order valence-corrected chi connectivity index (χ3v) is 5.65. The quantitative estimate of drug-likeness (QED) is 0.634. The number of carbonyl (C=O) groups is 2. The average molecular weight is 443 g/mol. The highest BCUT2D eigenvalue weighted by atomic mass is 32.1. The summed E-state index contributed by atoms with van der Waals surface area (Å²) in [6.45, 7) is 9.16. The largest absolute Gasteiger partial charge is 0.442 e. The molecule has 0 radical (unpaired) electrons. The zero-order valence-corrected chi connectivity index (χ0v) is 19.1. The Hall–Kier alpha value is -3.01. The second kappa shape index (κ2) is 7.92.